The van der Waals surface area contributed by atoms with Gasteiger partial charge in [-0.25, -0.2) is 9.37 Å². The van der Waals surface area contributed by atoms with Gasteiger partial charge in [-0.2, -0.15) is 0 Å². The van der Waals surface area contributed by atoms with E-state index in [-0.39, 0.29) is 48.5 Å². The maximum atomic E-state index is 14.0. The van der Waals surface area contributed by atoms with Crippen LogP contribution in [0.1, 0.15) is 38.2 Å². The van der Waals surface area contributed by atoms with E-state index in [1.807, 2.05) is 68.4 Å². The number of halogens is 1. The molecule has 0 fully saturated rings. The van der Waals surface area contributed by atoms with Crippen LogP contribution in [0, 0.1) is 5.82 Å². The SMILES string of the molecule is CC(C)c1c(OC[C@@H](O)C[C@@H](O)CC(=O)[O-])c(-c2ccc(F)cc2)c(Oc2ccc3ccccc3n2)c2ccccc12.[Na+]. The number of aromatic nitrogens is 1. The molecule has 0 bridgehead atoms. The van der Waals surface area contributed by atoms with Crippen LogP contribution >= 0.6 is 0 Å². The first-order chi connectivity index (χ1) is 20.2. The molecule has 7 nitrogen and oxygen atoms in total. The minimum absolute atomic E-state index is 0. The molecule has 1 aromatic heterocycles. The topological polar surface area (TPSA) is 112 Å². The molecule has 0 aliphatic heterocycles. The van der Waals surface area contributed by atoms with Crippen LogP contribution < -0.4 is 44.1 Å². The van der Waals surface area contributed by atoms with Crippen molar-refractivity contribution in [3.8, 4) is 28.5 Å². The number of carbonyl (C=O) groups is 1. The van der Waals surface area contributed by atoms with Crippen molar-refractivity contribution in [1.82, 2.24) is 4.98 Å². The van der Waals surface area contributed by atoms with Crippen molar-refractivity contribution in [3.63, 3.8) is 0 Å². The molecule has 0 saturated heterocycles. The zero-order chi connectivity index (χ0) is 29.8. The smallest absolute Gasteiger partial charge is 0.550 e. The summed E-state index contributed by atoms with van der Waals surface area (Å²) in [4.78, 5) is 15.6. The Hall–Kier alpha value is -3.53. The molecule has 0 radical (unpaired) electrons. The predicted octanol–water partition coefficient (Wildman–Crippen LogP) is 2.74. The number of rotatable bonds is 11. The Kier molecular flexibility index (Phi) is 10.8. The minimum Gasteiger partial charge on any atom is -0.550 e. The fraction of sp³-hybridized carbons (Fsp3) is 0.235. The van der Waals surface area contributed by atoms with E-state index in [4.69, 9.17) is 14.5 Å². The number of carboxylic acids is 1. The number of nitrogens with zero attached hydrogens (tertiary/aromatic N) is 1. The number of aliphatic hydroxyl groups is 2. The van der Waals surface area contributed by atoms with Gasteiger partial charge in [0.15, 0.2) is 0 Å². The van der Waals surface area contributed by atoms with E-state index < -0.39 is 30.4 Å². The molecule has 1 heterocycles. The summed E-state index contributed by atoms with van der Waals surface area (Å²) < 4.78 is 26.9. The van der Waals surface area contributed by atoms with Crippen LogP contribution in [-0.4, -0.2) is 40.0 Å². The molecule has 216 valence electrons. The van der Waals surface area contributed by atoms with Crippen molar-refractivity contribution in [2.75, 3.05) is 6.61 Å². The number of hydrogen-bond acceptors (Lipinski definition) is 7. The third-order valence-electron chi connectivity index (χ3n) is 7.02. The fourth-order valence-electron chi connectivity index (χ4n) is 5.16. The molecule has 0 unspecified atom stereocenters. The molecule has 4 aromatic carbocycles. The summed E-state index contributed by atoms with van der Waals surface area (Å²) in [6, 6.07) is 25.1. The Balaban J connectivity index is 0.00000423. The van der Waals surface area contributed by atoms with Gasteiger partial charge in [0.2, 0.25) is 5.88 Å². The molecule has 5 aromatic rings. The summed E-state index contributed by atoms with van der Waals surface area (Å²) in [7, 11) is 0. The van der Waals surface area contributed by atoms with Crippen molar-refractivity contribution >= 4 is 27.6 Å². The van der Waals surface area contributed by atoms with Gasteiger partial charge in [-0.3, -0.25) is 0 Å². The number of aliphatic carboxylic acids is 1. The van der Waals surface area contributed by atoms with E-state index >= 15 is 0 Å². The quantitative estimate of drug-likeness (QED) is 0.227. The maximum Gasteiger partial charge on any atom is 1.00 e. The largest absolute Gasteiger partial charge is 1.00 e. The van der Waals surface area contributed by atoms with Crippen molar-refractivity contribution in [3.05, 3.63) is 96.3 Å². The number of aliphatic hydroxyl groups excluding tert-OH is 2. The molecule has 5 rings (SSSR count). The zero-order valence-corrected chi connectivity index (χ0v) is 26.3. The van der Waals surface area contributed by atoms with E-state index in [9.17, 15) is 24.5 Å². The van der Waals surface area contributed by atoms with Gasteiger partial charge in [0.05, 0.1) is 23.3 Å². The first-order valence-corrected chi connectivity index (χ1v) is 13.8. The van der Waals surface area contributed by atoms with Crippen LogP contribution in [0.15, 0.2) is 84.9 Å². The number of ether oxygens (including phenoxy) is 2. The molecule has 2 N–H and O–H groups in total. The normalized spacial score (nSPS) is 12.6. The second-order valence-electron chi connectivity index (χ2n) is 10.5. The second-order valence-corrected chi connectivity index (χ2v) is 10.5. The number of fused-ring (bicyclic) bond motifs is 2. The van der Waals surface area contributed by atoms with Crippen LogP contribution in [0.5, 0.6) is 17.4 Å². The van der Waals surface area contributed by atoms with Gasteiger partial charge < -0.3 is 29.6 Å². The van der Waals surface area contributed by atoms with Gasteiger partial charge in [-0.15, -0.1) is 0 Å². The summed E-state index contributed by atoms with van der Waals surface area (Å²) in [6.45, 7) is 3.81. The molecule has 43 heavy (non-hydrogen) atoms. The Morgan fingerprint density at radius 1 is 0.884 bits per heavy atom. The maximum absolute atomic E-state index is 14.0. The number of hydrogen-bond donors (Lipinski definition) is 2. The summed E-state index contributed by atoms with van der Waals surface area (Å²) >= 11 is 0. The fourth-order valence-corrected chi connectivity index (χ4v) is 5.16. The van der Waals surface area contributed by atoms with Gasteiger partial charge in [0.25, 0.3) is 0 Å². The summed E-state index contributed by atoms with van der Waals surface area (Å²) in [6.07, 6.45) is -3.26. The average molecular weight is 592 g/mol. The van der Waals surface area contributed by atoms with Crippen LogP contribution in [0.25, 0.3) is 32.8 Å². The van der Waals surface area contributed by atoms with Crippen LogP contribution in [-0.2, 0) is 4.79 Å². The van der Waals surface area contributed by atoms with E-state index in [0.29, 0.717) is 28.5 Å². The van der Waals surface area contributed by atoms with E-state index in [1.165, 1.54) is 12.1 Å². The Labute approximate surface area is 271 Å². The van der Waals surface area contributed by atoms with E-state index in [1.54, 1.807) is 18.2 Å². The summed E-state index contributed by atoms with van der Waals surface area (Å²) in [5, 5.41) is 34.2. The molecule has 0 saturated carbocycles. The first-order valence-electron chi connectivity index (χ1n) is 13.8. The van der Waals surface area contributed by atoms with Crippen LogP contribution in [0.3, 0.4) is 0 Å². The van der Waals surface area contributed by atoms with Gasteiger partial charge in [0, 0.05) is 41.2 Å². The summed E-state index contributed by atoms with van der Waals surface area (Å²) in [5.41, 5.74) is 2.79. The van der Waals surface area contributed by atoms with Gasteiger partial charge in [-0.1, -0.05) is 68.4 Å². The van der Waals surface area contributed by atoms with Gasteiger partial charge in [-0.05, 0) is 41.1 Å². The van der Waals surface area contributed by atoms with E-state index in [2.05, 4.69) is 0 Å². The average Bonchev–Trinajstić information content (AvgIpc) is 2.96. The van der Waals surface area contributed by atoms with Crippen molar-refractivity contribution in [1.29, 1.82) is 0 Å². The molecule has 0 amide bonds. The van der Waals surface area contributed by atoms with Gasteiger partial charge in [0.1, 0.15) is 23.9 Å². The zero-order valence-electron chi connectivity index (χ0n) is 24.3. The number of pyridine rings is 1. The van der Waals surface area contributed by atoms with E-state index in [0.717, 1.165) is 27.2 Å². The van der Waals surface area contributed by atoms with Crippen molar-refractivity contribution < 1.29 is 63.5 Å². The predicted molar refractivity (Wildman–Crippen MR) is 157 cm³/mol. The van der Waals surface area contributed by atoms with Crippen molar-refractivity contribution in [2.24, 2.45) is 0 Å². The second kappa shape index (κ2) is 14.3. The number of para-hydroxylation sites is 1. The monoisotopic (exact) mass is 591 g/mol. The Morgan fingerprint density at radius 2 is 1.56 bits per heavy atom. The molecule has 9 heteroatoms. The third-order valence-corrected chi connectivity index (χ3v) is 7.02. The Morgan fingerprint density at radius 3 is 2.26 bits per heavy atom. The Bertz CT molecular complexity index is 1730. The molecule has 2 atom stereocenters. The van der Waals surface area contributed by atoms with Crippen molar-refractivity contribution in [2.45, 2.75) is 44.8 Å². The molecule has 0 spiro atoms. The van der Waals surface area contributed by atoms with Crippen LogP contribution in [0.2, 0.25) is 0 Å². The number of carboxylic acid groups (broad SMARTS) is 1. The molecular formula is C34H31FNNaO6. The molecular weight excluding hydrogens is 560 g/mol. The number of carbonyl (C=O) groups excluding carboxylic acids is 1. The first kappa shape index (κ1) is 32.4. The van der Waals surface area contributed by atoms with Crippen LogP contribution in [0.4, 0.5) is 4.39 Å². The third kappa shape index (κ3) is 7.52. The van der Waals surface area contributed by atoms with Gasteiger partial charge >= 0.3 is 29.6 Å². The summed E-state index contributed by atoms with van der Waals surface area (Å²) in [5.74, 6) is -0.601. The minimum atomic E-state index is -1.41. The molecule has 0 aliphatic rings. The molecule has 0 aliphatic carbocycles. The standard InChI is InChI=1S/C34H32FNO6.Na/c1-20(2)31-26-8-4-5-9-27(26)33(42-29-16-13-21-7-3-6-10-28(21)36-29)32(22-11-14-23(35)15-12-22)34(31)41-19-25(38)17-24(37)18-30(39)40;/h3-16,20,24-25,37-38H,17-19H2,1-2H3,(H,39,40);/q;+1/p-1/t24-,25+;/m1./s1. The number of benzene rings is 4.